The lowest BCUT2D eigenvalue weighted by Gasteiger charge is -2.22. The van der Waals surface area contributed by atoms with Crippen molar-refractivity contribution >= 4 is 17.2 Å². The third-order valence-corrected chi connectivity index (χ3v) is 6.06. The molecule has 0 saturated heterocycles. The molecule has 5 nitrogen and oxygen atoms in total. The number of nitrogens with zero attached hydrogens (tertiary/aromatic N) is 3. The molecule has 0 aliphatic carbocycles. The Hall–Kier alpha value is -3.38. The standard InChI is InChI=1S/C26H27N3O2S/c1-4-15-29(25(30)23-14-9-16-32-23)18-22-24(20-11-6-5-7-12-20)27-28(3)26(22)31-21-13-8-10-19(2)17-21/h5-14,16-17H,4,15,18H2,1-3H3. The molecule has 2 aromatic carbocycles. The summed E-state index contributed by atoms with van der Waals surface area (Å²) < 4.78 is 8.10. The maximum absolute atomic E-state index is 13.2. The van der Waals surface area contributed by atoms with Crippen molar-refractivity contribution in [1.29, 1.82) is 0 Å². The summed E-state index contributed by atoms with van der Waals surface area (Å²) in [5, 5.41) is 6.72. The average molecular weight is 446 g/mol. The largest absolute Gasteiger partial charge is 0.439 e. The van der Waals surface area contributed by atoms with E-state index >= 15 is 0 Å². The van der Waals surface area contributed by atoms with Gasteiger partial charge in [0.25, 0.3) is 5.91 Å². The Balaban J connectivity index is 1.77. The Morgan fingerprint density at radius 2 is 1.91 bits per heavy atom. The summed E-state index contributed by atoms with van der Waals surface area (Å²) in [5.74, 6) is 1.43. The van der Waals surface area contributed by atoms with E-state index in [2.05, 4.69) is 6.92 Å². The van der Waals surface area contributed by atoms with E-state index in [1.165, 1.54) is 11.3 Å². The Kier molecular flexibility index (Phi) is 6.71. The van der Waals surface area contributed by atoms with E-state index in [4.69, 9.17) is 9.84 Å². The molecule has 2 heterocycles. The summed E-state index contributed by atoms with van der Waals surface area (Å²) in [6, 6.07) is 21.8. The minimum Gasteiger partial charge on any atom is -0.439 e. The van der Waals surface area contributed by atoms with Crippen molar-refractivity contribution in [1.82, 2.24) is 14.7 Å². The maximum atomic E-state index is 13.2. The zero-order valence-corrected chi connectivity index (χ0v) is 19.4. The van der Waals surface area contributed by atoms with Crippen LogP contribution in [-0.2, 0) is 13.6 Å². The van der Waals surface area contributed by atoms with E-state index < -0.39 is 0 Å². The molecule has 0 atom stereocenters. The van der Waals surface area contributed by atoms with Gasteiger partial charge in [0.2, 0.25) is 5.88 Å². The quantitative estimate of drug-likeness (QED) is 0.320. The number of thiophene rings is 1. The first-order valence-electron chi connectivity index (χ1n) is 10.8. The SMILES string of the molecule is CCCN(Cc1c(-c2ccccc2)nn(C)c1Oc1cccc(C)c1)C(=O)c1cccs1. The van der Waals surface area contributed by atoms with Gasteiger partial charge < -0.3 is 9.64 Å². The highest BCUT2D eigenvalue weighted by Crippen LogP contribution is 2.34. The normalized spacial score (nSPS) is 10.8. The van der Waals surface area contributed by atoms with Gasteiger partial charge in [0.1, 0.15) is 11.4 Å². The molecule has 0 aliphatic rings. The van der Waals surface area contributed by atoms with Crippen molar-refractivity contribution in [3.63, 3.8) is 0 Å². The van der Waals surface area contributed by atoms with E-state index in [9.17, 15) is 4.79 Å². The molecule has 0 radical (unpaired) electrons. The summed E-state index contributed by atoms with van der Waals surface area (Å²) in [6.07, 6.45) is 0.867. The number of amides is 1. The van der Waals surface area contributed by atoms with Gasteiger partial charge in [0.15, 0.2) is 0 Å². The minimum atomic E-state index is 0.0335. The molecule has 32 heavy (non-hydrogen) atoms. The molecular weight excluding hydrogens is 418 g/mol. The zero-order chi connectivity index (χ0) is 22.5. The monoisotopic (exact) mass is 445 g/mol. The fraction of sp³-hybridized carbons (Fsp3) is 0.231. The number of rotatable bonds is 8. The molecule has 0 fully saturated rings. The van der Waals surface area contributed by atoms with Crippen LogP contribution in [0.4, 0.5) is 0 Å². The van der Waals surface area contributed by atoms with Gasteiger partial charge in [0.05, 0.1) is 17.0 Å². The Morgan fingerprint density at radius 1 is 1.09 bits per heavy atom. The first kappa shape index (κ1) is 21.8. The number of hydrogen-bond donors (Lipinski definition) is 0. The van der Waals surface area contributed by atoms with Crippen molar-refractivity contribution < 1.29 is 9.53 Å². The zero-order valence-electron chi connectivity index (χ0n) is 18.6. The molecule has 0 N–H and O–H groups in total. The van der Waals surface area contributed by atoms with Crippen LogP contribution in [0.1, 0.15) is 34.1 Å². The summed E-state index contributed by atoms with van der Waals surface area (Å²) >= 11 is 1.47. The van der Waals surface area contributed by atoms with Gasteiger partial charge in [0, 0.05) is 19.2 Å². The van der Waals surface area contributed by atoms with Crippen molar-refractivity contribution in [2.24, 2.45) is 7.05 Å². The smallest absolute Gasteiger partial charge is 0.264 e. The fourth-order valence-electron chi connectivity index (χ4n) is 3.71. The van der Waals surface area contributed by atoms with E-state index in [0.29, 0.717) is 19.0 Å². The number of aromatic nitrogens is 2. The van der Waals surface area contributed by atoms with Crippen LogP contribution in [-0.4, -0.2) is 27.1 Å². The third-order valence-electron chi connectivity index (χ3n) is 5.20. The highest BCUT2D eigenvalue weighted by Gasteiger charge is 2.25. The van der Waals surface area contributed by atoms with Crippen molar-refractivity contribution in [2.75, 3.05) is 6.54 Å². The second-order valence-corrected chi connectivity index (χ2v) is 8.69. The number of benzene rings is 2. The highest BCUT2D eigenvalue weighted by atomic mass is 32.1. The lowest BCUT2D eigenvalue weighted by atomic mass is 10.1. The lowest BCUT2D eigenvalue weighted by molar-refractivity contribution is 0.0747. The first-order chi connectivity index (χ1) is 15.6. The molecule has 4 aromatic rings. The van der Waals surface area contributed by atoms with Gasteiger partial charge in [-0.2, -0.15) is 5.10 Å². The fourth-order valence-corrected chi connectivity index (χ4v) is 4.40. The van der Waals surface area contributed by atoms with Gasteiger partial charge in [-0.15, -0.1) is 11.3 Å². The van der Waals surface area contributed by atoms with Crippen LogP contribution < -0.4 is 4.74 Å². The molecule has 4 rings (SSSR count). The molecule has 164 valence electrons. The van der Waals surface area contributed by atoms with E-state index in [1.807, 2.05) is 91.0 Å². The minimum absolute atomic E-state index is 0.0335. The van der Waals surface area contributed by atoms with E-state index in [1.54, 1.807) is 4.68 Å². The summed E-state index contributed by atoms with van der Waals surface area (Å²) in [6.45, 7) is 5.20. The number of carbonyl (C=O) groups excluding carboxylic acids is 1. The third kappa shape index (κ3) is 4.75. The molecule has 0 spiro atoms. The Bertz CT molecular complexity index is 1180. The van der Waals surface area contributed by atoms with Crippen LogP contribution in [0.2, 0.25) is 0 Å². The number of ether oxygens (including phenoxy) is 1. The van der Waals surface area contributed by atoms with Crippen LogP contribution in [0.25, 0.3) is 11.3 Å². The second-order valence-electron chi connectivity index (χ2n) is 7.74. The van der Waals surface area contributed by atoms with Crippen LogP contribution in [0.15, 0.2) is 72.1 Å². The van der Waals surface area contributed by atoms with Crippen LogP contribution in [0.3, 0.4) is 0 Å². The average Bonchev–Trinajstić information content (AvgIpc) is 3.43. The summed E-state index contributed by atoms with van der Waals surface area (Å²) in [4.78, 5) is 15.9. The lowest BCUT2D eigenvalue weighted by Crippen LogP contribution is -2.31. The molecule has 1 amide bonds. The van der Waals surface area contributed by atoms with Gasteiger partial charge in [-0.25, -0.2) is 4.68 Å². The van der Waals surface area contributed by atoms with Gasteiger partial charge in [-0.05, 0) is 42.5 Å². The van der Waals surface area contributed by atoms with Gasteiger partial charge in [-0.1, -0.05) is 55.5 Å². The summed E-state index contributed by atoms with van der Waals surface area (Å²) in [5.41, 5.74) is 3.85. The topological polar surface area (TPSA) is 47.4 Å². The molecular formula is C26H27N3O2S. The predicted octanol–water partition coefficient (Wildman–Crippen LogP) is 6.30. The Morgan fingerprint density at radius 3 is 2.59 bits per heavy atom. The van der Waals surface area contributed by atoms with Crippen molar-refractivity contribution in [3.05, 3.63) is 88.1 Å². The summed E-state index contributed by atoms with van der Waals surface area (Å²) in [7, 11) is 1.88. The first-order valence-corrected chi connectivity index (χ1v) is 11.6. The molecule has 6 heteroatoms. The molecule has 2 aromatic heterocycles. The van der Waals surface area contributed by atoms with Crippen molar-refractivity contribution in [2.45, 2.75) is 26.8 Å². The van der Waals surface area contributed by atoms with Crippen molar-refractivity contribution in [3.8, 4) is 22.9 Å². The van der Waals surface area contributed by atoms with Gasteiger partial charge >= 0.3 is 0 Å². The maximum Gasteiger partial charge on any atom is 0.264 e. The Labute approximate surface area is 192 Å². The number of aryl methyl sites for hydroxylation is 2. The van der Waals surface area contributed by atoms with Gasteiger partial charge in [-0.3, -0.25) is 4.79 Å². The molecule has 0 unspecified atom stereocenters. The highest BCUT2D eigenvalue weighted by molar-refractivity contribution is 7.12. The van der Waals surface area contributed by atoms with E-state index in [-0.39, 0.29) is 5.91 Å². The number of carbonyl (C=O) groups is 1. The van der Waals surface area contributed by atoms with E-state index in [0.717, 1.165) is 39.4 Å². The second kappa shape index (κ2) is 9.83. The van der Waals surface area contributed by atoms with Crippen LogP contribution in [0.5, 0.6) is 11.6 Å². The molecule has 0 saturated carbocycles. The molecule has 0 bridgehead atoms. The molecule has 0 aliphatic heterocycles. The van der Waals surface area contributed by atoms with Crippen LogP contribution >= 0.6 is 11.3 Å². The predicted molar refractivity (Wildman–Crippen MR) is 129 cm³/mol. The number of hydrogen-bond acceptors (Lipinski definition) is 4. The van der Waals surface area contributed by atoms with Crippen LogP contribution in [0, 0.1) is 6.92 Å².